The molecular formula is C8H6FN3O2S. The van der Waals surface area contributed by atoms with E-state index in [1.54, 1.807) is 6.07 Å². The molecule has 0 atom stereocenters. The molecule has 1 aromatic carbocycles. The Hall–Kier alpha value is -1.76. The fraction of sp³-hybridized carbons (Fsp3) is 0. The molecular weight excluding hydrogens is 221 g/mol. The molecule has 0 radical (unpaired) electrons. The quantitative estimate of drug-likeness (QED) is 0.716. The molecule has 1 heterocycles. The molecule has 0 aliphatic carbocycles. The summed E-state index contributed by atoms with van der Waals surface area (Å²) in [6, 6.07) is 5.40. The Kier molecular flexibility index (Phi) is 2.24. The second-order valence-electron chi connectivity index (χ2n) is 2.78. The second-order valence-corrected chi connectivity index (χ2v) is 4.13. The van der Waals surface area contributed by atoms with E-state index in [1.165, 1.54) is 35.3 Å². The van der Waals surface area contributed by atoms with Crippen molar-refractivity contribution in [1.82, 2.24) is 15.0 Å². The number of benzene rings is 1. The van der Waals surface area contributed by atoms with E-state index in [4.69, 9.17) is 0 Å². The largest absolute Gasteiger partial charge is 0.332 e. The lowest BCUT2D eigenvalue weighted by Crippen LogP contribution is -1.98. The third kappa shape index (κ3) is 2.01. The maximum absolute atomic E-state index is 12.7. The standard InChI is InChI=1S/C8H6FN3O2S/c9-15(13,14)8-3-1-2-7(6-8)12-5-4-10-11-12/h1-6H. The number of halogens is 1. The van der Waals surface area contributed by atoms with E-state index in [9.17, 15) is 12.3 Å². The van der Waals surface area contributed by atoms with Gasteiger partial charge in [-0.2, -0.15) is 8.42 Å². The van der Waals surface area contributed by atoms with Gasteiger partial charge in [0.1, 0.15) is 4.90 Å². The fourth-order valence-corrected chi connectivity index (χ4v) is 1.63. The Morgan fingerprint density at radius 1 is 1.33 bits per heavy atom. The van der Waals surface area contributed by atoms with Crippen molar-refractivity contribution < 1.29 is 12.3 Å². The van der Waals surface area contributed by atoms with Crippen molar-refractivity contribution in [2.24, 2.45) is 0 Å². The summed E-state index contributed by atoms with van der Waals surface area (Å²) in [5, 5.41) is 7.22. The van der Waals surface area contributed by atoms with Crippen molar-refractivity contribution in [3.63, 3.8) is 0 Å². The normalized spacial score (nSPS) is 11.5. The molecule has 78 valence electrons. The van der Waals surface area contributed by atoms with Crippen LogP contribution >= 0.6 is 0 Å². The van der Waals surface area contributed by atoms with E-state index in [0.717, 1.165) is 0 Å². The molecule has 0 N–H and O–H groups in total. The molecule has 0 bridgehead atoms. The maximum Gasteiger partial charge on any atom is 0.332 e. The van der Waals surface area contributed by atoms with Crippen LogP contribution in [0.5, 0.6) is 0 Å². The minimum absolute atomic E-state index is 0.393. The maximum atomic E-state index is 12.7. The summed E-state index contributed by atoms with van der Waals surface area (Å²) in [6.45, 7) is 0. The zero-order chi connectivity index (χ0) is 10.9. The lowest BCUT2D eigenvalue weighted by molar-refractivity contribution is 0.552. The Labute approximate surface area is 85.4 Å². The van der Waals surface area contributed by atoms with Crippen LogP contribution in [0.2, 0.25) is 0 Å². The van der Waals surface area contributed by atoms with Crippen LogP contribution in [0.3, 0.4) is 0 Å². The van der Waals surface area contributed by atoms with Crippen LogP contribution in [0.25, 0.3) is 5.69 Å². The van der Waals surface area contributed by atoms with Gasteiger partial charge in [-0.3, -0.25) is 0 Å². The summed E-state index contributed by atoms with van der Waals surface area (Å²) >= 11 is 0. The summed E-state index contributed by atoms with van der Waals surface area (Å²) in [5.74, 6) is 0. The lowest BCUT2D eigenvalue weighted by Gasteiger charge is -2.00. The van der Waals surface area contributed by atoms with E-state index in [2.05, 4.69) is 10.3 Å². The first-order chi connectivity index (χ1) is 7.07. The predicted molar refractivity (Wildman–Crippen MR) is 49.7 cm³/mol. The summed E-state index contributed by atoms with van der Waals surface area (Å²) in [7, 11) is -4.68. The molecule has 0 fully saturated rings. The van der Waals surface area contributed by atoms with Crippen LogP contribution in [0, 0.1) is 0 Å². The molecule has 15 heavy (non-hydrogen) atoms. The number of hydrogen-bond donors (Lipinski definition) is 0. The average molecular weight is 227 g/mol. The van der Waals surface area contributed by atoms with Crippen LogP contribution in [-0.4, -0.2) is 23.4 Å². The minimum Gasteiger partial charge on any atom is -0.221 e. The molecule has 1 aromatic heterocycles. The van der Waals surface area contributed by atoms with Crippen LogP contribution < -0.4 is 0 Å². The van der Waals surface area contributed by atoms with Gasteiger partial charge in [0.05, 0.1) is 18.1 Å². The highest BCUT2D eigenvalue weighted by atomic mass is 32.3. The summed E-state index contributed by atoms with van der Waals surface area (Å²) < 4.78 is 35.3. The van der Waals surface area contributed by atoms with Gasteiger partial charge in [0.2, 0.25) is 0 Å². The molecule has 0 aliphatic heterocycles. The first-order valence-electron chi connectivity index (χ1n) is 3.99. The zero-order valence-electron chi connectivity index (χ0n) is 7.41. The molecule has 2 aromatic rings. The second kappa shape index (κ2) is 3.43. The van der Waals surface area contributed by atoms with Gasteiger partial charge in [0.15, 0.2) is 0 Å². The van der Waals surface area contributed by atoms with Crippen LogP contribution in [0.4, 0.5) is 3.89 Å². The smallest absolute Gasteiger partial charge is 0.221 e. The molecule has 7 heteroatoms. The molecule has 0 saturated heterocycles. The first-order valence-corrected chi connectivity index (χ1v) is 5.37. The Bertz CT molecular complexity index is 565. The van der Waals surface area contributed by atoms with Gasteiger partial charge in [-0.15, -0.1) is 8.98 Å². The van der Waals surface area contributed by atoms with Crippen molar-refractivity contribution in [3.05, 3.63) is 36.7 Å². The Morgan fingerprint density at radius 2 is 2.13 bits per heavy atom. The first kappa shape index (κ1) is 9.78. The van der Waals surface area contributed by atoms with E-state index < -0.39 is 15.1 Å². The van der Waals surface area contributed by atoms with Crippen molar-refractivity contribution in [3.8, 4) is 5.69 Å². The average Bonchev–Trinajstić information content (AvgIpc) is 2.69. The molecule has 0 spiro atoms. The van der Waals surface area contributed by atoms with Crippen molar-refractivity contribution in [1.29, 1.82) is 0 Å². The van der Waals surface area contributed by atoms with Gasteiger partial charge in [0.25, 0.3) is 0 Å². The monoisotopic (exact) mass is 227 g/mol. The molecule has 0 aliphatic rings. The van der Waals surface area contributed by atoms with E-state index in [-0.39, 0.29) is 0 Å². The number of hydrogen-bond acceptors (Lipinski definition) is 4. The summed E-state index contributed by atoms with van der Waals surface area (Å²) in [6.07, 6.45) is 2.97. The van der Waals surface area contributed by atoms with Crippen molar-refractivity contribution in [2.45, 2.75) is 4.90 Å². The minimum atomic E-state index is -4.68. The van der Waals surface area contributed by atoms with Crippen molar-refractivity contribution >= 4 is 10.2 Å². The molecule has 5 nitrogen and oxygen atoms in total. The highest BCUT2D eigenvalue weighted by Crippen LogP contribution is 2.15. The SMILES string of the molecule is O=S(=O)(F)c1cccc(-n2ccnn2)c1. The van der Waals surface area contributed by atoms with Gasteiger partial charge in [-0.25, -0.2) is 4.68 Å². The molecule has 2 rings (SSSR count). The Balaban J connectivity index is 2.53. The zero-order valence-corrected chi connectivity index (χ0v) is 8.22. The van der Waals surface area contributed by atoms with Gasteiger partial charge < -0.3 is 0 Å². The molecule has 0 amide bonds. The van der Waals surface area contributed by atoms with Gasteiger partial charge in [0, 0.05) is 0 Å². The summed E-state index contributed by atoms with van der Waals surface area (Å²) in [4.78, 5) is -0.393. The molecule has 0 unspecified atom stereocenters. The molecule has 0 saturated carbocycles. The highest BCUT2D eigenvalue weighted by molar-refractivity contribution is 7.86. The lowest BCUT2D eigenvalue weighted by atomic mass is 10.3. The van der Waals surface area contributed by atoms with E-state index >= 15 is 0 Å². The van der Waals surface area contributed by atoms with Gasteiger partial charge in [-0.1, -0.05) is 11.3 Å². The predicted octanol–water partition coefficient (Wildman–Crippen LogP) is 0.925. The number of rotatable bonds is 2. The topological polar surface area (TPSA) is 64.8 Å². The highest BCUT2D eigenvalue weighted by Gasteiger charge is 2.12. The van der Waals surface area contributed by atoms with Crippen LogP contribution in [-0.2, 0) is 10.2 Å². The third-order valence-corrected chi connectivity index (χ3v) is 2.60. The van der Waals surface area contributed by atoms with E-state index in [0.29, 0.717) is 5.69 Å². The van der Waals surface area contributed by atoms with Gasteiger partial charge in [-0.05, 0) is 18.2 Å². The van der Waals surface area contributed by atoms with Crippen LogP contribution in [0.15, 0.2) is 41.6 Å². The number of nitrogens with zero attached hydrogens (tertiary/aromatic N) is 3. The van der Waals surface area contributed by atoms with Gasteiger partial charge >= 0.3 is 10.2 Å². The number of aromatic nitrogens is 3. The third-order valence-electron chi connectivity index (χ3n) is 1.79. The fourth-order valence-electron chi connectivity index (χ4n) is 1.12. The van der Waals surface area contributed by atoms with Crippen molar-refractivity contribution in [2.75, 3.05) is 0 Å². The van der Waals surface area contributed by atoms with Crippen LogP contribution in [0.1, 0.15) is 0 Å². The Morgan fingerprint density at radius 3 is 2.73 bits per heavy atom. The van der Waals surface area contributed by atoms with E-state index in [1.807, 2.05) is 0 Å². The summed E-state index contributed by atoms with van der Waals surface area (Å²) in [5.41, 5.74) is 0.436.